The summed E-state index contributed by atoms with van der Waals surface area (Å²) in [6.45, 7) is 8.86. The first kappa shape index (κ1) is 18.5. The van der Waals surface area contributed by atoms with Gasteiger partial charge in [-0.1, -0.05) is 27.7 Å². The summed E-state index contributed by atoms with van der Waals surface area (Å²) in [7, 11) is 9.87. The van der Waals surface area contributed by atoms with E-state index in [0.29, 0.717) is 0 Å². The molecule has 19 heavy (non-hydrogen) atoms. The summed E-state index contributed by atoms with van der Waals surface area (Å²) in [5, 5.41) is 0. The summed E-state index contributed by atoms with van der Waals surface area (Å²) in [5.74, 6) is 8.86. The van der Waals surface area contributed by atoms with Gasteiger partial charge in [0.15, 0.2) is 0 Å². The van der Waals surface area contributed by atoms with Crippen LogP contribution < -0.4 is 0 Å². The average Bonchev–Trinajstić information content (AvgIpc) is 2.84. The summed E-state index contributed by atoms with van der Waals surface area (Å²) in [4.78, 5) is 0. The van der Waals surface area contributed by atoms with Crippen LogP contribution in [0.15, 0.2) is 0 Å². The van der Waals surface area contributed by atoms with E-state index in [1.54, 1.807) is 11.8 Å². The second-order valence-electron chi connectivity index (χ2n) is 4.93. The van der Waals surface area contributed by atoms with Crippen molar-refractivity contribution in [2.24, 2.45) is 0 Å². The molecule has 0 amide bonds. The molecular formula is C16H20Cl2Zr+2. The number of hydrogen-bond acceptors (Lipinski definition) is 0. The molecular weight excluding hydrogens is 354 g/mol. The standard InChI is InChI=1S/C16H20.2ClH.Zr/c1-11-5-6-12(2)15(11)9-10-16-13(3)7-8-14(16)4;;;/h5-8H,9-10H2,1-4H3;2*1H;/q;;;+4/p-2. The van der Waals surface area contributed by atoms with E-state index in [4.69, 9.17) is 17.0 Å². The van der Waals surface area contributed by atoms with E-state index < -0.39 is 20.8 Å². The van der Waals surface area contributed by atoms with Crippen LogP contribution >= 0.6 is 17.0 Å². The Morgan fingerprint density at radius 2 is 0.895 bits per heavy atom. The Balaban J connectivity index is 0.000000550. The van der Waals surface area contributed by atoms with Crippen LogP contribution in [-0.2, 0) is 20.8 Å². The van der Waals surface area contributed by atoms with Crippen molar-refractivity contribution in [3.05, 3.63) is 61.2 Å². The maximum atomic E-state index is 4.93. The number of rotatable bonds is 3. The molecule has 0 aromatic carbocycles. The van der Waals surface area contributed by atoms with E-state index in [2.05, 4.69) is 53.4 Å². The third-order valence-corrected chi connectivity index (χ3v) is 3.70. The van der Waals surface area contributed by atoms with Gasteiger partial charge in [0.2, 0.25) is 0 Å². The number of hydrogen-bond donors (Lipinski definition) is 0. The van der Waals surface area contributed by atoms with Crippen molar-refractivity contribution in [3.63, 3.8) is 0 Å². The Hall–Kier alpha value is 1.46. The van der Waals surface area contributed by atoms with E-state index in [0.717, 1.165) is 0 Å². The van der Waals surface area contributed by atoms with Gasteiger partial charge in [-0.25, -0.2) is 0 Å². The van der Waals surface area contributed by atoms with E-state index in [-0.39, 0.29) is 0 Å². The van der Waals surface area contributed by atoms with E-state index >= 15 is 0 Å². The van der Waals surface area contributed by atoms with Gasteiger partial charge in [-0.3, -0.25) is 0 Å². The zero-order chi connectivity index (χ0) is 14.4. The molecule has 0 aromatic rings. The van der Waals surface area contributed by atoms with Crippen molar-refractivity contribution >= 4 is 17.0 Å². The summed E-state index contributed by atoms with van der Waals surface area (Å²) in [5.41, 5.74) is 0. The molecule has 0 unspecified atom stereocenters. The second kappa shape index (κ2) is 9.47. The first-order valence-electron chi connectivity index (χ1n) is 6.41. The van der Waals surface area contributed by atoms with Crippen molar-refractivity contribution in [2.75, 3.05) is 0 Å². The molecule has 2 fully saturated rings. The Morgan fingerprint density at radius 3 is 1.11 bits per heavy atom. The molecule has 0 spiro atoms. The Labute approximate surface area is 139 Å². The van der Waals surface area contributed by atoms with Crippen LogP contribution in [-0.4, -0.2) is 0 Å². The normalized spacial score (nSPS) is 24.5. The molecule has 2 aliphatic rings. The van der Waals surface area contributed by atoms with Crippen molar-refractivity contribution in [3.8, 4) is 0 Å². The summed E-state index contributed by atoms with van der Waals surface area (Å²) in [6.07, 6.45) is 11.3. The molecule has 0 saturated heterocycles. The van der Waals surface area contributed by atoms with Gasteiger partial charge in [0.1, 0.15) is 0 Å². The van der Waals surface area contributed by atoms with Crippen molar-refractivity contribution in [2.45, 2.75) is 40.5 Å². The van der Waals surface area contributed by atoms with Crippen LogP contribution in [0.4, 0.5) is 0 Å². The summed E-state index contributed by atoms with van der Waals surface area (Å²) < 4.78 is 0. The number of halogens is 2. The molecule has 2 rings (SSSR count). The van der Waals surface area contributed by atoms with Gasteiger partial charge < -0.3 is 0 Å². The molecule has 0 atom stereocenters. The van der Waals surface area contributed by atoms with Crippen molar-refractivity contribution < 1.29 is 20.8 Å². The molecule has 100 valence electrons. The third-order valence-electron chi connectivity index (χ3n) is 3.70. The predicted molar refractivity (Wildman–Crippen MR) is 80.3 cm³/mol. The Morgan fingerprint density at radius 1 is 0.684 bits per heavy atom. The SMILES string of the molecule is C[C]1[CH][CH][C](C)[C]1CC[C]1[C](C)[CH][CH][C]1C.[Cl][Zr+2][Cl]. The monoisotopic (exact) mass is 372 g/mol. The van der Waals surface area contributed by atoms with Crippen LogP contribution in [0, 0.1) is 61.2 Å². The predicted octanol–water partition coefficient (Wildman–Crippen LogP) is 5.51. The molecule has 0 heterocycles. The Kier molecular flexibility index (Phi) is 9.23. The van der Waals surface area contributed by atoms with Crippen molar-refractivity contribution in [1.29, 1.82) is 0 Å². The van der Waals surface area contributed by atoms with Gasteiger partial charge in [0.05, 0.1) is 0 Å². The molecule has 0 N–H and O–H groups in total. The fourth-order valence-corrected chi connectivity index (χ4v) is 2.56. The first-order chi connectivity index (χ1) is 9.01. The fraction of sp³-hybridized carbons (Fsp3) is 0.375. The molecule has 10 radical (unpaired) electrons. The van der Waals surface area contributed by atoms with Crippen LogP contribution in [0.5, 0.6) is 0 Å². The van der Waals surface area contributed by atoms with Gasteiger partial charge in [-0.15, -0.1) is 0 Å². The minimum absolute atomic E-state index is 0.826. The van der Waals surface area contributed by atoms with Gasteiger partial charge in [-0.2, -0.15) is 0 Å². The zero-order valence-electron chi connectivity index (χ0n) is 12.0. The molecule has 0 aliphatic heterocycles. The van der Waals surface area contributed by atoms with Gasteiger partial charge in [-0.05, 0) is 74.0 Å². The van der Waals surface area contributed by atoms with Crippen LogP contribution in [0.3, 0.4) is 0 Å². The van der Waals surface area contributed by atoms with Gasteiger partial charge in [0, 0.05) is 0 Å². The zero-order valence-corrected chi connectivity index (χ0v) is 15.9. The molecule has 2 aliphatic carbocycles. The van der Waals surface area contributed by atoms with Crippen LogP contribution in [0.25, 0.3) is 0 Å². The second-order valence-corrected chi connectivity index (χ2v) is 8.66. The van der Waals surface area contributed by atoms with Gasteiger partial charge >= 0.3 is 37.9 Å². The van der Waals surface area contributed by atoms with Gasteiger partial charge in [0.25, 0.3) is 0 Å². The molecule has 3 heteroatoms. The summed E-state index contributed by atoms with van der Waals surface area (Å²) in [6, 6.07) is 0. The van der Waals surface area contributed by atoms with E-state index in [1.165, 1.54) is 36.5 Å². The molecule has 0 bridgehead atoms. The summed E-state index contributed by atoms with van der Waals surface area (Å²) >= 11 is -0.826. The maximum absolute atomic E-state index is 4.93. The molecule has 0 aromatic heterocycles. The van der Waals surface area contributed by atoms with Crippen LogP contribution in [0.1, 0.15) is 40.5 Å². The average molecular weight is 374 g/mol. The topological polar surface area (TPSA) is 0 Å². The van der Waals surface area contributed by atoms with E-state index in [1.807, 2.05) is 0 Å². The fourth-order valence-electron chi connectivity index (χ4n) is 2.56. The third kappa shape index (κ3) is 5.63. The molecule has 0 nitrogen and oxygen atoms in total. The Bertz CT molecular complexity index is 203. The molecule has 2 saturated carbocycles. The minimum atomic E-state index is -0.826. The quantitative estimate of drug-likeness (QED) is 0.611. The van der Waals surface area contributed by atoms with Crippen LogP contribution in [0.2, 0.25) is 0 Å². The van der Waals surface area contributed by atoms with E-state index in [9.17, 15) is 0 Å². The van der Waals surface area contributed by atoms with Crippen molar-refractivity contribution in [1.82, 2.24) is 0 Å². The first-order valence-corrected chi connectivity index (χ1v) is 12.7.